The van der Waals surface area contributed by atoms with Crippen LogP contribution in [0.1, 0.15) is 16.2 Å². The van der Waals surface area contributed by atoms with Crippen molar-refractivity contribution in [2.24, 2.45) is 0 Å². The van der Waals surface area contributed by atoms with Crippen LogP contribution in [0.2, 0.25) is 0 Å². The number of thioether (sulfide) groups is 1. The van der Waals surface area contributed by atoms with Gasteiger partial charge in [-0.2, -0.15) is 0 Å². The fourth-order valence-electron chi connectivity index (χ4n) is 3.49. The molecule has 0 fully saturated rings. The summed E-state index contributed by atoms with van der Waals surface area (Å²) in [6.07, 6.45) is 0. The lowest BCUT2D eigenvalue weighted by atomic mass is 10.2. The van der Waals surface area contributed by atoms with Gasteiger partial charge in [-0.05, 0) is 60.7 Å². The number of aromatic nitrogens is 3. The Bertz CT molecular complexity index is 1630. The fourth-order valence-corrected chi connectivity index (χ4v) is 5.16. The number of benzene rings is 3. The van der Waals surface area contributed by atoms with Gasteiger partial charge >= 0.3 is 0 Å². The summed E-state index contributed by atoms with van der Waals surface area (Å²) in [6, 6.07) is 16.7. The molecule has 0 saturated carbocycles. The summed E-state index contributed by atoms with van der Waals surface area (Å²) in [5, 5.41) is 13.7. The molecule has 10 nitrogen and oxygen atoms in total. The maximum atomic E-state index is 13.9. The third kappa shape index (κ3) is 6.70. The van der Waals surface area contributed by atoms with Crippen molar-refractivity contribution >= 4 is 39.3 Å². The number of nitrogens with zero attached hydrogens (tertiary/aromatic N) is 4. The maximum Gasteiger partial charge on any atom is 0.251 e. The summed E-state index contributed by atoms with van der Waals surface area (Å²) in [5.41, 5.74) is 0.764. The number of hydrogen-bond donors (Lipinski definition) is 2. The van der Waals surface area contributed by atoms with Crippen molar-refractivity contribution in [3.63, 3.8) is 0 Å². The highest BCUT2D eigenvalue weighted by Gasteiger charge is 2.19. The Morgan fingerprint density at radius 3 is 2.27 bits per heavy atom. The van der Waals surface area contributed by atoms with Crippen LogP contribution in [0.4, 0.5) is 14.5 Å². The first-order chi connectivity index (χ1) is 19.1. The van der Waals surface area contributed by atoms with Crippen LogP contribution in [0.3, 0.4) is 0 Å². The molecule has 208 valence electrons. The molecule has 3 aromatic carbocycles. The van der Waals surface area contributed by atoms with E-state index in [9.17, 15) is 26.8 Å². The Hall–Kier alpha value is -4.14. The van der Waals surface area contributed by atoms with E-state index < -0.39 is 33.5 Å². The van der Waals surface area contributed by atoms with Gasteiger partial charge in [-0.3, -0.25) is 14.2 Å². The van der Waals surface area contributed by atoms with Gasteiger partial charge in [-0.15, -0.1) is 10.2 Å². The Kier molecular flexibility index (Phi) is 8.92. The normalized spacial score (nSPS) is 11.4. The number of amides is 2. The van der Waals surface area contributed by atoms with E-state index in [-0.39, 0.29) is 33.6 Å². The van der Waals surface area contributed by atoms with Crippen LogP contribution in [0.5, 0.6) is 0 Å². The first-order valence-electron chi connectivity index (χ1n) is 11.7. The van der Waals surface area contributed by atoms with Gasteiger partial charge in [0.1, 0.15) is 11.6 Å². The second-order valence-electron chi connectivity index (χ2n) is 8.52. The zero-order valence-corrected chi connectivity index (χ0v) is 23.0. The molecule has 0 saturated heterocycles. The highest BCUT2D eigenvalue weighted by molar-refractivity contribution is 7.99. The van der Waals surface area contributed by atoms with Crippen molar-refractivity contribution < 1.29 is 26.8 Å². The molecule has 0 spiro atoms. The molecule has 0 radical (unpaired) electrons. The molecule has 2 amide bonds. The molecular weight excluding hydrogens is 562 g/mol. The average Bonchev–Trinajstić information content (AvgIpc) is 3.35. The third-order valence-corrected chi connectivity index (χ3v) is 8.33. The number of anilines is 1. The minimum atomic E-state index is -3.64. The zero-order valence-electron chi connectivity index (χ0n) is 21.3. The highest BCUT2D eigenvalue weighted by atomic mass is 32.2. The quantitative estimate of drug-likeness (QED) is 0.273. The first-order valence-corrected chi connectivity index (χ1v) is 14.2. The third-order valence-electron chi connectivity index (χ3n) is 5.57. The SMILES string of the molecule is CN(C)S(=O)(=O)c1ccc(C(=O)NCc2nnc(SCC(=O)Nc3ccccc3F)n2-c2ccc(F)cc2)cc1. The van der Waals surface area contributed by atoms with Crippen molar-refractivity contribution in [2.45, 2.75) is 16.6 Å². The standard InChI is InChI=1S/C26H24F2N6O4S2/c1-33(2)40(37,38)20-13-7-17(8-14-20)25(36)29-15-23-31-32-26(34(23)19-11-9-18(27)10-12-19)39-16-24(35)30-22-6-4-3-5-21(22)28/h3-14H,15-16H2,1-2H3,(H,29,36)(H,30,35). The number of para-hydroxylation sites is 1. The van der Waals surface area contributed by atoms with Gasteiger partial charge in [-0.1, -0.05) is 23.9 Å². The molecule has 0 atom stereocenters. The number of carbonyl (C=O) groups is 2. The van der Waals surface area contributed by atoms with Crippen LogP contribution in [0.25, 0.3) is 5.69 Å². The minimum absolute atomic E-state index is 0.0452. The molecule has 4 aromatic rings. The Labute approximate surface area is 233 Å². The van der Waals surface area contributed by atoms with Crippen molar-refractivity contribution in [3.8, 4) is 5.69 Å². The lowest BCUT2D eigenvalue weighted by Crippen LogP contribution is -2.25. The number of rotatable bonds is 10. The zero-order chi connectivity index (χ0) is 28.9. The first kappa shape index (κ1) is 28.9. The summed E-state index contributed by atoms with van der Waals surface area (Å²) in [4.78, 5) is 25.2. The average molecular weight is 587 g/mol. The maximum absolute atomic E-state index is 13.9. The number of nitrogens with one attached hydrogen (secondary N) is 2. The van der Waals surface area contributed by atoms with E-state index >= 15 is 0 Å². The summed E-state index contributed by atoms with van der Waals surface area (Å²) < 4.78 is 54.6. The van der Waals surface area contributed by atoms with Crippen molar-refractivity contribution in [1.29, 1.82) is 0 Å². The van der Waals surface area contributed by atoms with Crippen LogP contribution in [0.15, 0.2) is 82.8 Å². The molecule has 4 rings (SSSR count). The number of halogens is 2. The Morgan fingerprint density at radius 2 is 1.62 bits per heavy atom. The van der Waals surface area contributed by atoms with Crippen LogP contribution in [-0.2, 0) is 21.4 Å². The van der Waals surface area contributed by atoms with E-state index in [4.69, 9.17) is 0 Å². The molecule has 0 aliphatic heterocycles. The van der Waals surface area contributed by atoms with E-state index in [0.717, 1.165) is 16.1 Å². The predicted molar refractivity (Wildman–Crippen MR) is 146 cm³/mol. The molecule has 1 aromatic heterocycles. The van der Waals surface area contributed by atoms with E-state index in [0.29, 0.717) is 11.5 Å². The predicted octanol–water partition coefficient (Wildman–Crippen LogP) is 3.46. The molecule has 0 aliphatic carbocycles. The lowest BCUT2D eigenvalue weighted by Gasteiger charge is -2.12. The van der Waals surface area contributed by atoms with E-state index in [2.05, 4.69) is 20.8 Å². The lowest BCUT2D eigenvalue weighted by molar-refractivity contribution is -0.113. The van der Waals surface area contributed by atoms with Crippen LogP contribution in [0, 0.1) is 11.6 Å². The second-order valence-corrected chi connectivity index (χ2v) is 11.6. The van der Waals surface area contributed by atoms with Crippen molar-refractivity contribution in [1.82, 2.24) is 24.4 Å². The number of hydrogen-bond acceptors (Lipinski definition) is 7. The molecule has 14 heteroatoms. The van der Waals surface area contributed by atoms with Gasteiger partial charge in [0.2, 0.25) is 15.9 Å². The topological polar surface area (TPSA) is 126 Å². The van der Waals surface area contributed by atoms with Crippen LogP contribution >= 0.6 is 11.8 Å². The fraction of sp³-hybridized carbons (Fsp3) is 0.154. The minimum Gasteiger partial charge on any atom is -0.345 e. The molecule has 1 heterocycles. The Morgan fingerprint density at radius 1 is 0.950 bits per heavy atom. The van der Waals surface area contributed by atoms with Gasteiger partial charge in [0.15, 0.2) is 11.0 Å². The van der Waals surface area contributed by atoms with Gasteiger partial charge in [-0.25, -0.2) is 21.5 Å². The van der Waals surface area contributed by atoms with Crippen LogP contribution < -0.4 is 10.6 Å². The van der Waals surface area contributed by atoms with Crippen molar-refractivity contribution in [3.05, 3.63) is 95.8 Å². The van der Waals surface area contributed by atoms with Gasteiger partial charge in [0, 0.05) is 25.3 Å². The molecule has 40 heavy (non-hydrogen) atoms. The van der Waals surface area contributed by atoms with Gasteiger partial charge in [0.05, 0.1) is 22.9 Å². The second kappa shape index (κ2) is 12.4. The molecular formula is C26H24F2N6O4S2. The molecule has 0 unspecified atom stereocenters. The van der Waals surface area contributed by atoms with Crippen LogP contribution in [-0.4, -0.2) is 59.2 Å². The molecule has 0 aliphatic rings. The van der Waals surface area contributed by atoms with Gasteiger partial charge in [0.25, 0.3) is 5.91 Å². The number of carbonyl (C=O) groups excluding carboxylic acids is 2. The van der Waals surface area contributed by atoms with Crippen molar-refractivity contribution in [2.75, 3.05) is 25.2 Å². The summed E-state index contributed by atoms with van der Waals surface area (Å²) >= 11 is 1.02. The smallest absolute Gasteiger partial charge is 0.251 e. The number of sulfonamides is 1. The molecule has 0 bridgehead atoms. The monoisotopic (exact) mass is 586 g/mol. The van der Waals surface area contributed by atoms with E-state index in [1.807, 2.05) is 0 Å². The van der Waals surface area contributed by atoms with E-state index in [1.54, 1.807) is 10.6 Å². The summed E-state index contributed by atoms with van der Waals surface area (Å²) in [6.45, 7) is -0.0804. The van der Waals surface area contributed by atoms with Gasteiger partial charge < -0.3 is 10.6 Å². The summed E-state index contributed by atoms with van der Waals surface area (Å²) in [7, 11) is -0.815. The Balaban J connectivity index is 1.49. The highest BCUT2D eigenvalue weighted by Crippen LogP contribution is 2.23. The van der Waals surface area contributed by atoms with E-state index in [1.165, 1.54) is 80.8 Å². The summed E-state index contributed by atoms with van der Waals surface area (Å²) in [5.74, 6) is -1.81. The molecule has 2 N–H and O–H groups in total. The largest absolute Gasteiger partial charge is 0.345 e.